The van der Waals surface area contributed by atoms with Gasteiger partial charge in [-0.25, -0.2) is 0 Å². The highest BCUT2D eigenvalue weighted by atomic mass is 16.3. The van der Waals surface area contributed by atoms with Crippen molar-refractivity contribution in [3.05, 3.63) is 0 Å². The van der Waals surface area contributed by atoms with Gasteiger partial charge in [0.1, 0.15) is 17.7 Å². The fraction of sp³-hybridized carbons (Fsp3) is 0.906. The number of Topliss-reactive ketones (excluding diaryl/α,β-unsaturated/α-hetero) is 3. The molecule has 0 aromatic carbocycles. The van der Waals surface area contributed by atoms with Crippen LogP contribution in [0.25, 0.3) is 0 Å². The van der Waals surface area contributed by atoms with E-state index in [1.165, 1.54) is 12.8 Å². The number of hydrogen-bond donors (Lipinski definition) is 1. The van der Waals surface area contributed by atoms with E-state index in [-0.39, 0.29) is 22.9 Å². The second kappa shape index (κ2) is 23.1. The molecule has 0 saturated heterocycles. The summed E-state index contributed by atoms with van der Waals surface area (Å²) >= 11 is 0. The van der Waals surface area contributed by atoms with E-state index in [4.69, 9.17) is 0 Å². The van der Waals surface area contributed by atoms with Gasteiger partial charge >= 0.3 is 0 Å². The van der Waals surface area contributed by atoms with Gasteiger partial charge in [0.05, 0.1) is 0 Å². The molecule has 0 rings (SSSR count). The van der Waals surface area contributed by atoms with Crippen molar-refractivity contribution in [1.29, 1.82) is 0 Å². The average Bonchev–Trinajstić information content (AvgIpc) is 2.64. The molecule has 4 nitrogen and oxygen atoms in total. The molecule has 1 unspecified atom stereocenters. The van der Waals surface area contributed by atoms with Crippen LogP contribution in [0.15, 0.2) is 0 Å². The zero-order valence-corrected chi connectivity index (χ0v) is 27.2. The van der Waals surface area contributed by atoms with Gasteiger partial charge in [0.25, 0.3) is 0 Å². The van der Waals surface area contributed by atoms with Gasteiger partial charge in [0.2, 0.25) is 0 Å². The summed E-state index contributed by atoms with van der Waals surface area (Å²) in [5, 5.41) is 9.55. The van der Waals surface area contributed by atoms with Crippen molar-refractivity contribution in [3.8, 4) is 0 Å². The Kier molecular flexibility index (Phi) is 27.0. The highest BCUT2D eigenvalue weighted by Gasteiger charge is 2.28. The first kappa shape index (κ1) is 42.1. The van der Waals surface area contributed by atoms with E-state index in [1.54, 1.807) is 6.92 Å². The van der Waals surface area contributed by atoms with E-state index >= 15 is 0 Å². The summed E-state index contributed by atoms with van der Waals surface area (Å²) in [6, 6.07) is 0. The van der Waals surface area contributed by atoms with Crippen molar-refractivity contribution >= 4 is 17.3 Å². The molecule has 0 fully saturated rings. The van der Waals surface area contributed by atoms with Crippen molar-refractivity contribution in [2.24, 2.45) is 40.9 Å². The molecular formula is C32H66O4. The van der Waals surface area contributed by atoms with E-state index in [0.717, 1.165) is 24.7 Å². The van der Waals surface area contributed by atoms with E-state index in [0.29, 0.717) is 30.0 Å². The molecule has 1 atom stereocenters. The Morgan fingerprint density at radius 2 is 0.861 bits per heavy atom. The predicted octanol–water partition coefficient (Wildman–Crippen LogP) is 8.97. The molecule has 0 bridgehead atoms. The van der Waals surface area contributed by atoms with Crippen LogP contribution < -0.4 is 0 Å². The lowest BCUT2D eigenvalue weighted by atomic mass is 9.84. The van der Waals surface area contributed by atoms with Gasteiger partial charge in [-0.1, -0.05) is 117 Å². The van der Waals surface area contributed by atoms with Gasteiger partial charge in [-0.05, 0) is 41.9 Å². The predicted molar refractivity (Wildman–Crippen MR) is 158 cm³/mol. The minimum Gasteiger partial charge on any atom is -0.385 e. The SMILES string of the molecule is CC(=O)CC(C)C.CC(C)CC(=O)C(C)C.CC(C)CC(=O)C(O)C(C)(C)C.CC(C)CCC(C)C. The van der Waals surface area contributed by atoms with E-state index < -0.39 is 6.10 Å². The van der Waals surface area contributed by atoms with Gasteiger partial charge in [-0.3, -0.25) is 9.59 Å². The zero-order chi connectivity index (χ0) is 29.8. The van der Waals surface area contributed by atoms with Crippen LogP contribution in [-0.2, 0) is 14.4 Å². The van der Waals surface area contributed by atoms with Crippen LogP contribution >= 0.6 is 0 Å². The second-order valence-electron chi connectivity index (χ2n) is 13.7. The van der Waals surface area contributed by atoms with Gasteiger partial charge in [0, 0.05) is 25.2 Å². The molecule has 1 N–H and O–H groups in total. The maximum absolute atomic E-state index is 11.4. The largest absolute Gasteiger partial charge is 0.385 e. The number of carbonyl (C=O) groups is 3. The third-order valence-corrected chi connectivity index (χ3v) is 5.01. The van der Waals surface area contributed by atoms with Gasteiger partial charge < -0.3 is 9.90 Å². The second-order valence-corrected chi connectivity index (χ2v) is 13.7. The molecule has 218 valence electrons. The van der Waals surface area contributed by atoms with Gasteiger partial charge in [0.15, 0.2) is 5.78 Å². The van der Waals surface area contributed by atoms with Crippen LogP contribution in [0.1, 0.15) is 143 Å². The Balaban J connectivity index is -0.000000194. The summed E-state index contributed by atoms with van der Waals surface area (Å²) in [6.45, 7) is 32.4. The van der Waals surface area contributed by atoms with Crippen molar-refractivity contribution < 1.29 is 19.5 Å². The summed E-state index contributed by atoms with van der Waals surface area (Å²) < 4.78 is 0. The number of ketones is 3. The molecule has 0 aliphatic rings. The molecule has 0 radical (unpaired) electrons. The van der Waals surface area contributed by atoms with Crippen molar-refractivity contribution in [3.63, 3.8) is 0 Å². The van der Waals surface area contributed by atoms with Gasteiger partial charge in [-0.15, -0.1) is 0 Å². The summed E-state index contributed by atoms with van der Waals surface area (Å²) in [7, 11) is 0. The minimum absolute atomic E-state index is 0.0440. The summed E-state index contributed by atoms with van der Waals surface area (Å²) in [4.78, 5) is 32.6. The third-order valence-electron chi connectivity index (χ3n) is 5.01. The van der Waals surface area contributed by atoms with Crippen LogP contribution in [-0.4, -0.2) is 28.6 Å². The van der Waals surface area contributed by atoms with Crippen LogP contribution in [0, 0.1) is 40.9 Å². The Morgan fingerprint density at radius 3 is 1.00 bits per heavy atom. The van der Waals surface area contributed by atoms with E-state index in [1.807, 2.05) is 62.3 Å². The Hall–Kier alpha value is -1.03. The Bertz CT molecular complexity index is 541. The molecule has 0 amide bonds. The van der Waals surface area contributed by atoms with E-state index in [9.17, 15) is 19.5 Å². The summed E-state index contributed by atoms with van der Waals surface area (Å²) in [6.07, 6.45) is 3.88. The van der Waals surface area contributed by atoms with Crippen LogP contribution in [0.5, 0.6) is 0 Å². The molecule has 0 saturated carbocycles. The van der Waals surface area contributed by atoms with Crippen LogP contribution in [0.4, 0.5) is 0 Å². The quantitative estimate of drug-likeness (QED) is 0.298. The maximum Gasteiger partial charge on any atom is 0.162 e. The van der Waals surface area contributed by atoms with Crippen molar-refractivity contribution in [1.82, 2.24) is 0 Å². The molecule has 36 heavy (non-hydrogen) atoms. The van der Waals surface area contributed by atoms with Crippen molar-refractivity contribution in [2.45, 2.75) is 149 Å². The lowest BCUT2D eigenvalue weighted by Gasteiger charge is -2.24. The fourth-order valence-corrected chi connectivity index (χ4v) is 2.88. The molecule has 0 spiro atoms. The highest BCUT2D eigenvalue weighted by Crippen LogP contribution is 2.21. The Labute approximate surface area is 226 Å². The first-order chi connectivity index (χ1) is 16.0. The zero-order valence-electron chi connectivity index (χ0n) is 27.2. The molecule has 0 aromatic rings. The first-order valence-corrected chi connectivity index (χ1v) is 14.3. The summed E-state index contributed by atoms with van der Waals surface area (Å²) in [5.74, 6) is 3.98. The van der Waals surface area contributed by atoms with Gasteiger partial charge in [-0.2, -0.15) is 0 Å². The molecular weight excluding hydrogens is 448 g/mol. The average molecular weight is 515 g/mol. The standard InChI is InChI=1S/C10H20O2.C8H16O.C8H18.C6H12O/c1-7(2)6-8(11)9(12)10(3,4)5;1-6(2)5-8(9)7(3)4;1-7(2)5-6-8(3)4;1-5(2)4-6(3)7/h7,9,12H,6H2,1-5H3;6-7H,5H2,1-4H3;7-8H,5-6H2,1-4H3;5H,4H2,1-3H3. The lowest BCUT2D eigenvalue weighted by molar-refractivity contribution is -0.133. The number of hydrogen-bond acceptors (Lipinski definition) is 4. The topological polar surface area (TPSA) is 71.4 Å². The normalized spacial score (nSPS) is 12.1. The highest BCUT2D eigenvalue weighted by molar-refractivity contribution is 5.83. The molecule has 0 aliphatic heterocycles. The number of rotatable bonds is 11. The molecule has 0 heterocycles. The number of aliphatic hydroxyl groups excluding tert-OH is 1. The van der Waals surface area contributed by atoms with Crippen molar-refractivity contribution in [2.75, 3.05) is 0 Å². The lowest BCUT2D eigenvalue weighted by Crippen LogP contribution is -2.34. The molecule has 0 aliphatic carbocycles. The van der Waals surface area contributed by atoms with Crippen LogP contribution in [0.2, 0.25) is 0 Å². The third kappa shape index (κ3) is 37.5. The fourth-order valence-electron chi connectivity index (χ4n) is 2.88. The summed E-state index contributed by atoms with van der Waals surface area (Å²) in [5.41, 5.74) is -0.327. The number of carbonyl (C=O) groups excluding carboxylic acids is 3. The smallest absolute Gasteiger partial charge is 0.162 e. The molecule has 0 aromatic heterocycles. The van der Waals surface area contributed by atoms with Crippen LogP contribution in [0.3, 0.4) is 0 Å². The molecule has 4 heteroatoms. The number of aliphatic hydroxyl groups is 1. The maximum atomic E-state index is 11.4. The van der Waals surface area contributed by atoms with E-state index in [2.05, 4.69) is 41.5 Å². The Morgan fingerprint density at radius 1 is 0.556 bits per heavy atom. The first-order valence-electron chi connectivity index (χ1n) is 14.3. The monoisotopic (exact) mass is 514 g/mol. The minimum atomic E-state index is -0.820.